The van der Waals surface area contributed by atoms with E-state index in [1.807, 2.05) is 0 Å². The fraction of sp³-hybridized carbons (Fsp3) is 0. The summed E-state index contributed by atoms with van der Waals surface area (Å²) in [7, 11) is 0. The van der Waals surface area contributed by atoms with E-state index in [-0.39, 0.29) is 10.4 Å². The van der Waals surface area contributed by atoms with Crippen LogP contribution >= 0.6 is 15.9 Å². The number of halogens is 2. The SMILES string of the molecule is C=[N+]([O-])c1ccc(Br)cc1F. The standard InChI is InChI=1S/C7H5BrFNO/c1-10(11)7-3-2-5(8)4-6(7)9/h2-4H,1H2. The molecule has 0 amide bonds. The molecule has 0 aliphatic carbocycles. The van der Waals surface area contributed by atoms with Gasteiger partial charge in [-0.15, -0.1) is 0 Å². The van der Waals surface area contributed by atoms with Crippen LogP contribution in [0, 0.1) is 11.0 Å². The topological polar surface area (TPSA) is 26.1 Å². The summed E-state index contributed by atoms with van der Waals surface area (Å²) in [6.45, 7) is 3.02. The van der Waals surface area contributed by atoms with Crippen molar-refractivity contribution in [3.05, 3.63) is 33.7 Å². The van der Waals surface area contributed by atoms with Crippen molar-refractivity contribution >= 4 is 28.3 Å². The summed E-state index contributed by atoms with van der Waals surface area (Å²) in [5.41, 5.74) is -0.0619. The molecule has 0 saturated heterocycles. The Balaban J connectivity index is 3.20. The van der Waals surface area contributed by atoms with E-state index in [1.54, 1.807) is 6.07 Å². The van der Waals surface area contributed by atoms with E-state index in [4.69, 9.17) is 0 Å². The largest absolute Gasteiger partial charge is 0.619 e. The lowest BCUT2D eigenvalue weighted by Crippen LogP contribution is -1.92. The molecule has 1 aromatic carbocycles. The van der Waals surface area contributed by atoms with Crippen LogP contribution in [-0.4, -0.2) is 11.5 Å². The lowest BCUT2D eigenvalue weighted by atomic mass is 10.3. The Kier molecular flexibility index (Phi) is 2.24. The summed E-state index contributed by atoms with van der Waals surface area (Å²) in [5.74, 6) is -0.579. The number of nitrogens with zero attached hydrogens (tertiary/aromatic N) is 1. The van der Waals surface area contributed by atoms with Crippen LogP contribution < -0.4 is 0 Å². The molecule has 0 N–H and O–H groups in total. The molecular weight excluding hydrogens is 213 g/mol. The van der Waals surface area contributed by atoms with Gasteiger partial charge in [-0.05, 0) is 12.1 Å². The van der Waals surface area contributed by atoms with Crippen LogP contribution in [0.15, 0.2) is 22.7 Å². The van der Waals surface area contributed by atoms with Crippen LogP contribution in [0.4, 0.5) is 10.1 Å². The van der Waals surface area contributed by atoms with Gasteiger partial charge >= 0.3 is 0 Å². The maximum atomic E-state index is 12.8. The first-order valence-corrected chi connectivity index (χ1v) is 3.63. The zero-order valence-electron chi connectivity index (χ0n) is 5.55. The van der Waals surface area contributed by atoms with Gasteiger partial charge in [-0.25, -0.2) is 0 Å². The predicted molar refractivity (Wildman–Crippen MR) is 44.5 cm³/mol. The number of rotatable bonds is 1. The van der Waals surface area contributed by atoms with Gasteiger partial charge < -0.3 is 5.21 Å². The van der Waals surface area contributed by atoms with Crippen LogP contribution in [0.2, 0.25) is 0 Å². The molecule has 4 heteroatoms. The molecule has 58 valence electrons. The van der Waals surface area contributed by atoms with Gasteiger partial charge in [0.1, 0.15) is 6.72 Å². The van der Waals surface area contributed by atoms with Crippen molar-refractivity contribution in [3.8, 4) is 0 Å². The Labute approximate surface area is 71.7 Å². The molecule has 0 radical (unpaired) electrons. The molecular formula is C7H5BrFNO. The van der Waals surface area contributed by atoms with E-state index < -0.39 is 5.82 Å². The fourth-order valence-electron chi connectivity index (χ4n) is 0.684. The van der Waals surface area contributed by atoms with Gasteiger partial charge in [0, 0.05) is 10.5 Å². The van der Waals surface area contributed by atoms with Gasteiger partial charge in [-0.1, -0.05) is 15.9 Å². The van der Waals surface area contributed by atoms with Crippen molar-refractivity contribution in [3.63, 3.8) is 0 Å². The van der Waals surface area contributed by atoms with Gasteiger partial charge in [0.05, 0.1) is 0 Å². The first-order valence-electron chi connectivity index (χ1n) is 2.84. The average Bonchev–Trinajstić information content (AvgIpc) is 1.85. The molecule has 0 saturated carbocycles. The van der Waals surface area contributed by atoms with Gasteiger partial charge in [-0.3, -0.25) is 0 Å². The smallest absolute Gasteiger partial charge is 0.252 e. The lowest BCUT2D eigenvalue weighted by Gasteiger charge is -2.00. The first-order chi connectivity index (χ1) is 5.11. The van der Waals surface area contributed by atoms with Crippen molar-refractivity contribution in [1.82, 2.24) is 0 Å². The second-order valence-electron chi connectivity index (χ2n) is 1.97. The minimum absolute atomic E-state index is 0.0619. The molecule has 0 heterocycles. The highest BCUT2D eigenvalue weighted by atomic mass is 79.9. The maximum absolute atomic E-state index is 12.8. The molecule has 11 heavy (non-hydrogen) atoms. The third kappa shape index (κ3) is 1.77. The molecule has 0 unspecified atom stereocenters. The van der Waals surface area contributed by atoms with Crippen molar-refractivity contribution in [1.29, 1.82) is 0 Å². The number of hydrogen-bond donors (Lipinski definition) is 0. The highest BCUT2D eigenvalue weighted by molar-refractivity contribution is 9.10. The van der Waals surface area contributed by atoms with Crippen LogP contribution in [0.3, 0.4) is 0 Å². The van der Waals surface area contributed by atoms with E-state index in [2.05, 4.69) is 22.6 Å². The number of benzene rings is 1. The molecule has 0 atom stereocenters. The van der Waals surface area contributed by atoms with Crippen LogP contribution in [0.5, 0.6) is 0 Å². The van der Waals surface area contributed by atoms with E-state index in [9.17, 15) is 9.60 Å². The van der Waals surface area contributed by atoms with Crippen LogP contribution in [0.1, 0.15) is 0 Å². The van der Waals surface area contributed by atoms with Gasteiger partial charge in [0.25, 0.3) is 5.69 Å². The van der Waals surface area contributed by atoms with Crippen molar-refractivity contribution in [2.45, 2.75) is 0 Å². The summed E-state index contributed by atoms with van der Waals surface area (Å²) in [5, 5.41) is 10.5. The van der Waals surface area contributed by atoms with Crippen molar-refractivity contribution < 1.29 is 9.13 Å². The molecule has 1 rings (SSSR count). The lowest BCUT2D eigenvalue weighted by molar-refractivity contribution is -0.352. The third-order valence-electron chi connectivity index (χ3n) is 1.18. The Morgan fingerprint density at radius 3 is 2.64 bits per heavy atom. The summed E-state index contributed by atoms with van der Waals surface area (Å²) in [6, 6.07) is 4.15. The van der Waals surface area contributed by atoms with Gasteiger partial charge in [0.15, 0.2) is 5.82 Å². The molecule has 2 nitrogen and oxygen atoms in total. The molecule has 0 aliphatic heterocycles. The Bertz CT molecular complexity index is 300. The minimum atomic E-state index is -0.579. The molecule has 0 aromatic heterocycles. The minimum Gasteiger partial charge on any atom is -0.619 e. The van der Waals surface area contributed by atoms with E-state index in [1.165, 1.54) is 12.1 Å². The van der Waals surface area contributed by atoms with Crippen LogP contribution in [-0.2, 0) is 0 Å². The van der Waals surface area contributed by atoms with E-state index >= 15 is 0 Å². The molecule has 0 aliphatic rings. The van der Waals surface area contributed by atoms with Crippen molar-refractivity contribution in [2.75, 3.05) is 0 Å². The highest BCUT2D eigenvalue weighted by Gasteiger charge is 2.07. The van der Waals surface area contributed by atoms with Gasteiger partial charge in [-0.2, -0.15) is 9.13 Å². The Hall–Kier alpha value is -0.900. The highest BCUT2D eigenvalue weighted by Crippen LogP contribution is 2.20. The summed E-state index contributed by atoms with van der Waals surface area (Å²) >= 11 is 3.06. The zero-order valence-corrected chi connectivity index (χ0v) is 7.14. The van der Waals surface area contributed by atoms with Crippen molar-refractivity contribution in [2.24, 2.45) is 0 Å². The Morgan fingerprint density at radius 1 is 1.55 bits per heavy atom. The number of hydrogen-bond acceptors (Lipinski definition) is 1. The normalized spacial score (nSPS) is 9.64. The van der Waals surface area contributed by atoms with E-state index in [0.717, 1.165) is 0 Å². The first kappa shape index (κ1) is 8.20. The fourth-order valence-corrected chi connectivity index (χ4v) is 1.02. The third-order valence-corrected chi connectivity index (χ3v) is 1.67. The average molecular weight is 218 g/mol. The Morgan fingerprint density at radius 2 is 2.18 bits per heavy atom. The molecule has 0 spiro atoms. The predicted octanol–water partition coefficient (Wildman–Crippen LogP) is 2.43. The molecule has 0 bridgehead atoms. The van der Waals surface area contributed by atoms with Crippen LogP contribution in [0.25, 0.3) is 0 Å². The second kappa shape index (κ2) is 3.00. The zero-order chi connectivity index (χ0) is 8.43. The molecule has 0 fully saturated rings. The quantitative estimate of drug-likeness (QED) is 0.307. The second-order valence-corrected chi connectivity index (χ2v) is 2.89. The summed E-state index contributed by atoms with van der Waals surface area (Å²) in [6.07, 6.45) is 0. The maximum Gasteiger partial charge on any atom is 0.252 e. The van der Waals surface area contributed by atoms with E-state index in [0.29, 0.717) is 4.47 Å². The summed E-state index contributed by atoms with van der Waals surface area (Å²) in [4.78, 5) is 0. The summed E-state index contributed by atoms with van der Waals surface area (Å²) < 4.78 is 13.6. The molecule has 1 aromatic rings. The van der Waals surface area contributed by atoms with Gasteiger partial charge in [0.2, 0.25) is 0 Å². The monoisotopic (exact) mass is 217 g/mol.